The second-order valence-corrected chi connectivity index (χ2v) is 6.19. The lowest BCUT2D eigenvalue weighted by Crippen LogP contribution is -2.42. The molecule has 0 spiro atoms. The maximum atomic E-state index is 6.00. The minimum atomic E-state index is 0.474. The summed E-state index contributed by atoms with van der Waals surface area (Å²) >= 11 is 1.99. The molecule has 0 aliphatic carbocycles. The van der Waals surface area contributed by atoms with Gasteiger partial charge < -0.3 is 15.4 Å². The van der Waals surface area contributed by atoms with Crippen LogP contribution < -0.4 is 5.73 Å². The number of thioether (sulfide) groups is 1. The summed E-state index contributed by atoms with van der Waals surface area (Å²) in [5, 5.41) is 0. The molecule has 0 aromatic rings. The van der Waals surface area contributed by atoms with Crippen molar-refractivity contribution >= 4 is 17.7 Å². The first kappa shape index (κ1) is 14.0. The first-order valence-electron chi connectivity index (χ1n) is 7.10. The van der Waals surface area contributed by atoms with Gasteiger partial charge in [0.1, 0.15) is 0 Å². The van der Waals surface area contributed by atoms with Crippen LogP contribution in [-0.2, 0) is 4.74 Å². The van der Waals surface area contributed by atoms with E-state index in [0.717, 1.165) is 45.0 Å². The molecule has 2 aliphatic rings. The number of nitrogens with two attached hydrogens (primary N) is 1. The smallest absolute Gasteiger partial charge is 0.191 e. The standard InChI is InChI=1S/C13H25N3OS/c14-13(16-7-10-18-11-8-16)15-6-3-5-12-4-1-2-9-17-12/h12H,1-11H2,(H2,14,15). The molecule has 18 heavy (non-hydrogen) atoms. The number of rotatable bonds is 4. The van der Waals surface area contributed by atoms with E-state index in [4.69, 9.17) is 10.5 Å². The first-order chi connectivity index (χ1) is 8.86. The molecule has 2 aliphatic heterocycles. The molecule has 0 amide bonds. The quantitative estimate of drug-likeness (QED) is 0.480. The minimum absolute atomic E-state index is 0.474. The van der Waals surface area contributed by atoms with Crippen LogP contribution in [0.1, 0.15) is 32.1 Å². The van der Waals surface area contributed by atoms with E-state index in [9.17, 15) is 0 Å². The number of nitrogens with zero attached hydrogens (tertiary/aromatic N) is 2. The Morgan fingerprint density at radius 3 is 2.89 bits per heavy atom. The average molecular weight is 271 g/mol. The zero-order chi connectivity index (χ0) is 12.6. The van der Waals surface area contributed by atoms with Gasteiger partial charge in [-0.25, -0.2) is 0 Å². The molecule has 0 aromatic carbocycles. The molecule has 2 N–H and O–H groups in total. The van der Waals surface area contributed by atoms with Crippen molar-refractivity contribution < 1.29 is 4.74 Å². The second-order valence-electron chi connectivity index (χ2n) is 4.97. The van der Waals surface area contributed by atoms with Gasteiger partial charge in [0.2, 0.25) is 0 Å². The van der Waals surface area contributed by atoms with Crippen LogP contribution >= 0.6 is 11.8 Å². The SMILES string of the molecule is NC(=NCCCC1CCCCO1)N1CCSCC1. The van der Waals surface area contributed by atoms with Crippen LogP contribution in [0.3, 0.4) is 0 Å². The Hall–Kier alpha value is -0.420. The van der Waals surface area contributed by atoms with E-state index >= 15 is 0 Å². The Morgan fingerprint density at radius 2 is 2.17 bits per heavy atom. The maximum absolute atomic E-state index is 6.00. The highest BCUT2D eigenvalue weighted by atomic mass is 32.2. The fraction of sp³-hybridized carbons (Fsp3) is 0.923. The summed E-state index contributed by atoms with van der Waals surface area (Å²) in [4.78, 5) is 6.69. The van der Waals surface area contributed by atoms with Crippen LogP contribution in [0.15, 0.2) is 4.99 Å². The summed E-state index contributed by atoms with van der Waals surface area (Å²) in [5.41, 5.74) is 6.00. The highest BCUT2D eigenvalue weighted by Gasteiger charge is 2.14. The van der Waals surface area contributed by atoms with Crippen molar-refractivity contribution in [2.24, 2.45) is 10.7 Å². The molecule has 5 heteroatoms. The van der Waals surface area contributed by atoms with Crippen LogP contribution in [0.25, 0.3) is 0 Å². The van der Waals surface area contributed by atoms with Crippen LogP contribution in [0.2, 0.25) is 0 Å². The van der Waals surface area contributed by atoms with Crippen molar-refractivity contribution in [3.63, 3.8) is 0 Å². The number of ether oxygens (including phenoxy) is 1. The minimum Gasteiger partial charge on any atom is -0.378 e. The highest BCUT2D eigenvalue weighted by molar-refractivity contribution is 7.99. The third-order valence-electron chi connectivity index (χ3n) is 3.57. The van der Waals surface area contributed by atoms with Crippen molar-refractivity contribution in [3.8, 4) is 0 Å². The van der Waals surface area contributed by atoms with Crippen LogP contribution in [-0.4, -0.2) is 54.7 Å². The third kappa shape index (κ3) is 4.69. The summed E-state index contributed by atoms with van der Waals surface area (Å²) in [6, 6.07) is 0. The number of guanidine groups is 1. The van der Waals surface area contributed by atoms with Gasteiger partial charge in [-0.1, -0.05) is 0 Å². The first-order valence-corrected chi connectivity index (χ1v) is 8.26. The van der Waals surface area contributed by atoms with E-state index in [2.05, 4.69) is 9.89 Å². The van der Waals surface area contributed by atoms with E-state index in [1.807, 2.05) is 11.8 Å². The van der Waals surface area contributed by atoms with Crippen molar-refractivity contribution in [2.75, 3.05) is 37.7 Å². The van der Waals surface area contributed by atoms with Crippen molar-refractivity contribution in [1.29, 1.82) is 0 Å². The van der Waals surface area contributed by atoms with E-state index in [1.165, 1.54) is 30.8 Å². The lowest BCUT2D eigenvalue weighted by atomic mass is 10.1. The molecule has 1 unspecified atom stereocenters. The molecule has 0 radical (unpaired) electrons. The van der Waals surface area contributed by atoms with Gasteiger partial charge in [-0.3, -0.25) is 4.99 Å². The highest BCUT2D eigenvalue weighted by Crippen LogP contribution is 2.16. The van der Waals surface area contributed by atoms with Gasteiger partial charge in [0.25, 0.3) is 0 Å². The van der Waals surface area contributed by atoms with Gasteiger partial charge in [0.15, 0.2) is 5.96 Å². The molecular formula is C13H25N3OS. The summed E-state index contributed by atoms with van der Waals surface area (Å²) in [6.45, 7) is 3.88. The molecule has 1 atom stereocenters. The number of hydrogen-bond acceptors (Lipinski definition) is 3. The topological polar surface area (TPSA) is 50.9 Å². The van der Waals surface area contributed by atoms with Crippen molar-refractivity contribution in [1.82, 2.24) is 4.90 Å². The summed E-state index contributed by atoms with van der Waals surface area (Å²) < 4.78 is 5.71. The lowest BCUT2D eigenvalue weighted by molar-refractivity contribution is 0.0105. The summed E-state index contributed by atoms with van der Waals surface area (Å²) in [5.74, 6) is 3.08. The zero-order valence-corrected chi connectivity index (χ0v) is 12.0. The fourth-order valence-corrected chi connectivity index (χ4v) is 3.34. The molecule has 0 bridgehead atoms. The second kappa shape index (κ2) is 7.89. The van der Waals surface area contributed by atoms with E-state index in [1.54, 1.807) is 0 Å². The zero-order valence-electron chi connectivity index (χ0n) is 11.1. The summed E-state index contributed by atoms with van der Waals surface area (Å²) in [6.07, 6.45) is 6.47. The number of aliphatic imine (C=N–C) groups is 1. The largest absolute Gasteiger partial charge is 0.378 e. The predicted octanol–water partition coefficient (Wildman–Crippen LogP) is 1.70. The molecular weight excluding hydrogens is 246 g/mol. The Morgan fingerprint density at radius 1 is 1.33 bits per heavy atom. The Kier molecular flexibility index (Phi) is 6.14. The van der Waals surface area contributed by atoms with Gasteiger partial charge >= 0.3 is 0 Å². The van der Waals surface area contributed by atoms with E-state index < -0.39 is 0 Å². The lowest BCUT2D eigenvalue weighted by Gasteiger charge is -2.27. The molecule has 0 saturated carbocycles. The predicted molar refractivity (Wildman–Crippen MR) is 78.2 cm³/mol. The van der Waals surface area contributed by atoms with Gasteiger partial charge in [-0.2, -0.15) is 11.8 Å². The van der Waals surface area contributed by atoms with Crippen molar-refractivity contribution in [3.05, 3.63) is 0 Å². The van der Waals surface area contributed by atoms with E-state index in [-0.39, 0.29) is 0 Å². The normalized spacial score (nSPS) is 26.3. The molecule has 2 heterocycles. The van der Waals surface area contributed by atoms with E-state index in [0.29, 0.717) is 6.10 Å². The van der Waals surface area contributed by atoms with Gasteiger partial charge in [0, 0.05) is 37.7 Å². The average Bonchev–Trinajstić information content (AvgIpc) is 2.45. The third-order valence-corrected chi connectivity index (χ3v) is 4.51. The van der Waals surface area contributed by atoms with Crippen LogP contribution in [0, 0.1) is 0 Å². The Bertz CT molecular complexity index is 261. The van der Waals surface area contributed by atoms with Crippen molar-refractivity contribution in [2.45, 2.75) is 38.2 Å². The van der Waals surface area contributed by atoms with Gasteiger partial charge in [-0.15, -0.1) is 0 Å². The Balaban J connectivity index is 1.60. The molecule has 2 saturated heterocycles. The van der Waals surface area contributed by atoms with Crippen LogP contribution in [0.5, 0.6) is 0 Å². The maximum Gasteiger partial charge on any atom is 0.191 e. The van der Waals surface area contributed by atoms with Crippen LogP contribution in [0.4, 0.5) is 0 Å². The Labute approximate surface area is 114 Å². The molecule has 2 fully saturated rings. The molecule has 4 nitrogen and oxygen atoms in total. The molecule has 0 aromatic heterocycles. The molecule has 2 rings (SSSR count). The summed E-state index contributed by atoms with van der Waals surface area (Å²) in [7, 11) is 0. The monoisotopic (exact) mass is 271 g/mol. The van der Waals surface area contributed by atoms with Gasteiger partial charge in [0.05, 0.1) is 6.10 Å². The number of hydrogen-bond donors (Lipinski definition) is 1. The van der Waals surface area contributed by atoms with Gasteiger partial charge in [-0.05, 0) is 32.1 Å². The fourth-order valence-electron chi connectivity index (χ4n) is 2.44. The molecule has 104 valence electrons.